The summed E-state index contributed by atoms with van der Waals surface area (Å²) in [5.41, 5.74) is 1.31. The van der Waals surface area contributed by atoms with E-state index in [1.165, 1.54) is 22.8 Å². The van der Waals surface area contributed by atoms with E-state index in [2.05, 4.69) is 20.8 Å². The van der Waals surface area contributed by atoms with E-state index in [0.29, 0.717) is 16.4 Å². The lowest BCUT2D eigenvalue weighted by Gasteiger charge is -2.12. The molecule has 0 atom stereocenters. The molecule has 4 aromatic rings. The molecule has 0 aliphatic carbocycles. The van der Waals surface area contributed by atoms with Crippen molar-refractivity contribution in [2.24, 2.45) is 0 Å². The largest absolute Gasteiger partial charge is 0.452 e. The average molecular weight is 466 g/mol. The van der Waals surface area contributed by atoms with Gasteiger partial charge >= 0.3 is 5.97 Å². The maximum Gasteiger partial charge on any atom is 0.340 e. The first-order valence-corrected chi connectivity index (χ1v) is 10.6. The summed E-state index contributed by atoms with van der Waals surface area (Å²) in [6.45, 7) is -0.442. The Morgan fingerprint density at radius 2 is 1.75 bits per heavy atom. The third kappa shape index (κ3) is 5.32. The number of nitrogens with one attached hydrogen (secondary N) is 1. The molecule has 1 amide bonds. The van der Waals surface area contributed by atoms with Crippen molar-refractivity contribution in [2.45, 2.75) is 9.79 Å². The number of rotatable bonds is 7. The van der Waals surface area contributed by atoms with Crippen LogP contribution in [0.2, 0.25) is 5.02 Å². The Balaban J connectivity index is 1.40. The maximum absolute atomic E-state index is 12.6. The van der Waals surface area contributed by atoms with Crippen LogP contribution in [-0.4, -0.2) is 38.7 Å². The molecule has 0 aliphatic heterocycles. The Hall–Kier alpha value is -3.69. The molecule has 0 radical (unpaired) electrons. The first-order chi connectivity index (χ1) is 15.6. The minimum absolute atomic E-state index is 0.242. The number of benzene rings is 3. The number of carbonyl (C=O) groups is 2. The number of carbonyl (C=O) groups excluding carboxylic acids is 2. The van der Waals surface area contributed by atoms with E-state index in [1.807, 2.05) is 30.3 Å². The fraction of sp³-hybridized carbons (Fsp3) is 0.0455. The number of halogens is 1. The lowest BCUT2D eigenvalue weighted by atomic mass is 10.2. The van der Waals surface area contributed by atoms with Gasteiger partial charge in [-0.25, -0.2) is 4.79 Å². The van der Waals surface area contributed by atoms with Crippen molar-refractivity contribution in [1.29, 1.82) is 0 Å². The highest BCUT2D eigenvalue weighted by Gasteiger charge is 2.17. The van der Waals surface area contributed by atoms with Gasteiger partial charge in [-0.1, -0.05) is 47.6 Å². The van der Waals surface area contributed by atoms with Crippen LogP contribution in [-0.2, 0) is 9.53 Å². The van der Waals surface area contributed by atoms with Crippen molar-refractivity contribution in [2.75, 3.05) is 11.9 Å². The molecule has 0 unspecified atom stereocenters. The minimum Gasteiger partial charge on any atom is -0.452 e. The molecule has 1 N–H and O–H groups in total. The number of tetrazole rings is 1. The van der Waals surface area contributed by atoms with Crippen LogP contribution in [0.1, 0.15) is 10.4 Å². The van der Waals surface area contributed by atoms with Crippen LogP contribution in [0.25, 0.3) is 5.69 Å². The van der Waals surface area contributed by atoms with Gasteiger partial charge in [0.05, 0.1) is 16.9 Å². The standard InChI is InChI=1S/C22H16ClN5O3S/c23-15-9-11-16(12-10-15)32-20-8-4-2-6-18(20)25-21(29)13-31-22(30)17-5-1-3-7-19(17)28-14-24-26-27-28/h1-12,14H,13H2,(H,25,29). The van der Waals surface area contributed by atoms with Gasteiger partial charge in [-0.15, -0.1) is 5.10 Å². The van der Waals surface area contributed by atoms with Gasteiger partial charge in [-0.2, -0.15) is 4.68 Å². The highest BCUT2D eigenvalue weighted by Crippen LogP contribution is 2.33. The molecular formula is C22H16ClN5O3S. The van der Waals surface area contributed by atoms with E-state index in [1.54, 1.807) is 42.5 Å². The summed E-state index contributed by atoms with van der Waals surface area (Å²) in [4.78, 5) is 26.8. The number of anilines is 1. The minimum atomic E-state index is -0.657. The molecule has 1 heterocycles. The molecule has 160 valence electrons. The van der Waals surface area contributed by atoms with E-state index in [9.17, 15) is 9.59 Å². The molecule has 1 aromatic heterocycles. The molecule has 0 aliphatic rings. The van der Waals surface area contributed by atoms with Crippen LogP contribution in [0, 0.1) is 0 Å². The summed E-state index contributed by atoms with van der Waals surface area (Å²) in [6.07, 6.45) is 1.37. The summed E-state index contributed by atoms with van der Waals surface area (Å²) in [6, 6.07) is 21.5. The van der Waals surface area contributed by atoms with Crippen molar-refractivity contribution >= 4 is 40.9 Å². The SMILES string of the molecule is O=C(COC(=O)c1ccccc1-n1cnnn1)Nc1ccccc1Sc1ccc(Cl)cc1. The summed E-state index contributed by atoms with van der Waals surface area (Å²) < 4.78 is 6.57. The lowest BCUT2D eigenvalue weighted by molar-refractivity contribution is -0.119. The molecule has 0 saturated heterocycles. The molecule has 10 heteroatoms. The highest BCUT2D eigenvalue weighted by atomic mass is 35.5. The fourth-order valence-electron chi connectivity index (χ4n) is 2.80. The smallest absolute Gasteiger partial charge is 0.340 e. The predicted molar refractivity (Wildman–Crippen MR) is 120 cm³/mol. The number of aromatic nitrogens is 4. The van der Waals surface area contributed by atoms with E-state index < -0.39 is 18.5 Å². The van der Waals surface area contributed by atoms with E-state index >= 15 is 0 Å². The van der Waals surface area contributed by atoms with Crippen LogP contribution in [0.3, 0.4) is 0 Å². The second kappa shape index (κ2) is 10.1. The number of esters is 1. The predicted octanol–water partition coefficient (Wildman–Crippen LogP) is 4.26. The second-order valence-electron chi connectivity index (χ2n) is 6.45. The molecule has 3 aromatic carbocycles. The third-order valence-electron chi connectivity index (χ3n) is 4.26. The zero-order valence-electron chi connectivity index (χ0n) is 16.5. The molecule has 8 nitrogen and oxygen atoms in total. The molecule has 0 bridgehead atoms. The Morgan fingerprint density at radius 3 is 2.53 bits per heavy atom. The van der Waals surface area contributed by atoms with Gasteiger partial charge in [-0.05, 0) is 59.0 Å². The summed E-state index contributed by atoms with van der Waals surface area (Å²) in [7, 11) is 0. The van der Waals surface area contributed by atoms with Gasteiger partial charge in [0.15, 0.2) is 6.61 Å². The first kappa shape index (κ1) is 21.5. The molecule has 0 spiro atoms. The quantitative estimate of drug-likeness (QED) is 0.407. The van der Waals surface area contributed by atoms with Gasteiger partial charge in [-0.3, -0.25) is 4.79 Å². The maximum atomic E-state index is 12.6. The number of hydrogen-bond acceptors (Lipinski definition) is 7. The molecule has 32 heavy (non-hydrogen) atoms. The van der Waals surface area contributed by atoms with E-state index in [-0.39, 0.29) is 5.56 Å². The van der Waals surface area contributed by atoms with Crippen molar-refractivity contribution in [3.8, 4) is 5.69 Å². The molecule has 0 fully saturated rings. The second-order valence-corrected chi connectivity index (χ2v) is 8.00. The van der Waals surface area contributed by atoms with Gasteiger partial charge in [0.1, 0.15) is 6.33 Å². The van der Waals surface area contributed by atoms with Crippen molar-refractivity contribution in [1.82, 2.24) is 20.2 Å². The monoisotopic (exact) mass is 465 g/mol. The molecule has 4 rings (SSSR count). The summed E-state index contributed by atoms with van der Waals surface area (Å²) >= 11 is 7.42. The Morgan fingerprint density at radius 1 is 1.00 bits per heavy atom. The third-order valence-corrected chi connectivity index (χ3v) is 5.59. The van der Waals surface area contributed by atoms with E-state index in [0.717, 1.165) is 9.79 Å². The summed E-state index contributed by atoms with van der Waals surface area (Å²) in [5, 5.41) is 14.4. The molecule has 0 saturated carbocycles. The zero-order chi connectivity index (χ0) is 22.3. The van der Waals surface area contributed by atoms with Gasteiger partial charge in [0.2, 0.25) is 0 Å². The first-order valence-electron chi connectivity index (χ1n) is 9.42. The Bertz CT molecular complexity index is 1230. The van der Waals surface area contributed by atoms with Crippen LogP contribution in [0.15, 0.2) is 88.9 Å². The number of amides is 1. The van der Waals surface area contributed by atoms with Gasteiger partial charge in [0.25, 0.3) is 5.91 Å². The highest BCUT2D eigenvalue weighted by molar-refractivity contribution is 7.99. The van der Waals surface area contributed by atoms with Crippen LogP contribution >= 0.6 is 23.4 Å². The van der Waals surface area contributed by atoms with Crippen molar-refractivity contribution in [3.63, 3.8) is 0 Å². The van der Waals surface area contributed by atoms with Crippen molar-refractivity contribution < 1.29 is 14.3 Å². The number of para-hydroxylation sites is 2. The van der Waals surface area contributed by atoms with Gasteiger partial charge in [0, 0.05) is 14.8 Å². The molecular weight excluding hydrogens is 450 g/mol. The van der Waals surface area contributed by atoms with Crippen LogP contribution in [0.4, 0.5) is 5.69 Å². The fourth-order valence-corrected chi connectivity index (χ4v) is 3.83. The average Bonchev–Trinajstić information content (AvgIpc) is 3.35. The Kier molecular flexibility index (Phi) is 6.78. The topological polar surface area (TPSA) is 99.0 Å². The normalized spacial score (nSPS) is 10.5. The van der Waals surface area contributed by atoms with Crippen LogP contribution in [0.5, 0.6) is 0 Å². The zero-order valence-corrected chi connectivity index (χ0v) is 18.1. The number of nitrogens with zero attached hydrogens (tertiary/aromatic N) is 4. The van der Waals surface area contributed by atoms with Gasteiger partial charge < -0.3 is 10.1 Å². The number of hydrogen-bond donors (Lipinski definition) is 1. The van der Waals surface area contributed by atoms with E-state index in [4.69, 9.17) is 16.3 Å². The number of ether oxygens (including phenoxy) is 1. The van der Waals surface area contributed by atoms with Crippen molar-refractivity contribution in [3.05, 3.63) is 89.7 Å². The van der Waals surface area contributed by atoms with Crippen LogP contribution < -0.4 is 5.32 Å². The Labute approximate surface area is 192 Å². The lowest BCUT2D eigenvalue weighted by Crippen LogP contribution is -2.22. The summed E-state index contributed by atoms with van der Waals surface area (Å²) in [5.74, 6) is -1.11.